The number of pyridine rings is 1. The van der Waals surface area contributed by atoms with Crippen molar-refractivity contribution in [3.05, 3.63) is 76.5 Å². The molecule has 0 bridgehead atoms. The monoisotopic (exact) mass is 477 g/mol. The molecule has 4 aromatic rings. The van der Waals surface area contributed by atoms with E-state index in [9.17, 15) is 14.3 Å². The number of carbonyl (C=O) groups excluding carboxylic acids is 1. The molecule has 5 rings (SSSR count). The molecular weight excluding hydrogens is 453 g/mol. The summed E-state index contributed by atoms with van der Waals surface area (Å²) >= 11 is 1.59. The van der Waals surface area contributed by atoms with Crippen molar-refractivity contribution in [1.29, 1.82) is 0 Å². The SMILES string of the molecule is CC(=O)N1CCn2nc(-c3ccc(F)cc3)c(-c3ccnc(NC(O)Cc4cccs4)c3)c2C1. The number of aromatic nitrogens is 3. The number of carbonyl (C=O) groups is 1. The lowest BCUT2D eigenvalue weighted by Crippen LogP contribution is -2.37. The van der Waals surface area contributed by atoms with Gasteiger partial charge in [0, 0.05) is 42.1 Å². The van der Waals surface area contributed by atoms with E-state index in [1.807, 2.05) is 34.3 Å². The third-order valence-electron chi connectivity index (χ3n) is 5.88. The second kappa shape index (κ2) is 9.36. The molecule has 9 heteroatoms. The molecule has 4 heterocycles. The lowest BCUT2D eigenvalue weighted by atomic mass is 9.98. The van der Waals surface area contributed by atoms with E-state index in [1.54, 1.807) is 41.5 Å². The summed E-state index contributed by atoms with van der Waals surface area (Å²) in [6, 6.07) is 13.9. The van der Waals surface area contributed by atoms with Crippen LogP contribution in [-0.2, 0) is 24.3 Å². The predicted molar refractivity (Wildman–Crippen MR) is 130 cm³/mol. The van der Waals surface area contributed by atoms with Crippen LogP contribution in [0.1, 0.15) is 17.5 Å². The second-order valence-corrected chi connectivity index (χ2v) is 9.25. The summed E-state index contributed by atoms with van der Waals surface area (Å²) in [5.41, 5.74) is 4.15. The Hall–Kier alpha value is -3.56. The second-order valence-electron chi connectivity index (χ2n) is 8.21. The number of benzene rings is 1. The van der Waals surface area contributed by atoms with E-state index in [0.29, 0.717) is 31.9 Å². The third-order valence-corrected chi connectivity index (χ3v) is 6.78. The molecule has 34 heavy (non-hydrogen) atoms. The van der Waals surface area contributed by atoms with Crippen molar-refractivity contribution >= 4 is 23.1 Å². The number of amides is 1. The first-order chi connectivity index (χ1) is 16.5. The van der Waals surface area contributed by atoms with Crippen molar-refractivity contribution < 1.29 is 14.3 Å². The number of halogens is 1. The van der Waals surface area contributed by atoms with Crippen LogP contribution in [0, 0.1) is 5.82 Å². The van der Waals surface area contributed by atoms with Crippen LogP contribution in [0.25, 0.3) is 22.4 Å². The van der Waals surface area contributed by atoms with E-state index in [0.717, 1.165) is 33.0 Å². The highest BCUT2D eigenvalue weighted by molar-refractivity contribution is 7.09. The van der Waals surface area contributed by atoms with Crippen LogP contribution in [0.3, 0.4) is 0 Å². The summed E-state index contributed by atoms with van der Waals surface area (Å²) in [6.07, 6.45) is 1.37. The highest BCUT2D eigenvalue weighted by Gasteiger charge is 2.27. The average Bonchev–Trinajstić information content (AvgIpc) is 3.46. The van der Waals surface area contributed by atoms with Gasteiger partial charge in [0.1, 0.15) is 23.6 Å². The molecule has 2 N–H and O–H groups in total. The number of nitrogens with one attached hydrogen (secondary N) is 1. The number of aliphatic hydroxyl groups is 1. The van der Waals surface area contributed by atoms with E-state index in [2.05, 4.69) is 10.3 Å². The first kappa shape index (κ1) is 22.2. The number of hydrogen-bond donors (Lipinski definition) is 2. The van der Waals surface area contributed by atoms with Gasteiger partial charge in [-0.05, 0) is 53.4 Å². The maximum Gasteiger partial charge on any atom is 0.219 e. The molecule has 0 saturated heterocycles. The van der Waals surface area contributed by atoms with E-state index in [-0.39, 0.29) is 11.7 Å². The Morgan fingerprint density at radius 3 is 2.76 bits per heavy atom. The summed E-state index contributed by atoms with van der Waals surface area (Å²) in [5.74, 6) is 0.230. The largest absolute Gasteiger partial charge is 0.373 e. The Bertz CT molecular complexity index is 1300. The molecule has 7 nitrogen and oxygen atoms in total. The van der Waals surface area contributed by atoms with Gasteiger partial charge in [-0.25, -0.2) is 9.37 Å². The Labute approximate surface area is 200 Å². The van der Waals surface area contributed by atoms with Crippen molar-refractivity contribution in [3.63, 3.8) is 0 Å². The Morgan fingerprint density at radius 1 is 1.21 bits per heavy atom. The molecule has 1 aromatic carbocycles. The lowest BCUT2D eigenvalue weighted by molar-refractivity contribution is -0.130. The number of nitrogens with zero attached hydrogens (tertiary/aromatic N) is 4. The molecule has 1 aliphatic heterocycles. The number of fused-ring (bicyclic) bond motifs is 1. The highest BCUT2D eigenvalue weighted by Crippen LogP contribution is 2.37. The fourth-order valence-electron chi connectivity index (χ4n) is 4.21. The Morgan fingerprint density at radius 2 is 2.03 bits per heavy atom. The summed E-state index contributed by atoms with van der Waals surface area (Å²) in [6.45, 7) is 3.17. The molecule has 1 amide bonds. The topological polar surface area (TPSA) is 83.3 Å². The highest BCUT2D eigenvalue weighted by atomic mass is 32.1. The van der Waals surface area contributed by atoms with Crippen molar-refractivity contribution in [2.24, 2.45) is 0 Å². The standard InChI is InChI=1S/C25H24FN5O2S/c1-16(32)30-10-11-31-21(15-30)24(25(29-31)17-4-6-19(26)7-5-17)18-8-9-27-22(13-18)28-23(33)14-20-3-2-12-34-20/h2-9,12-13,23,33H,10-11,14-15H2,1H3,(H,27,28). The predicted octanol–water partition coefficient (Wildman–Crippen LogP) is 4.15. The molecule has 0 aliphatic carbocycles. The van der Waals surface area contributed by atoms with Gasteiger partial charge < -0.3 is 15.3 Å². The zero-order valence-corrected chi connectivity index (χ0v) is 19.4. The average molecular weight is 478 g/mol. The fraction of sp³-hybridized carbons (Fsp3) is 0.240. The van der Waals surface area contributed by atoms with Crippen LogP contribution >= 0.6 is 11.3 Å². The maximum absolute atomic E-state index is 13.6. The van der Waals surface area contributed by atoms with Crippen LogP contribution < -0.4 is 5.32 Å². The molecule has 0 saturated carbocycles. The summed E-state index contributed by atoms with van der Waals surface area (Å²) in [5, 5.41) is 20.4. The number of aliphatic hydroxyl groups excluding tert-OH is 1. The molecule has 1 unspecified atom stereocenters. The maximum atomic E-state index is 13.6. The van der Waals surface area contributed by atoms with Crippen molar-refractivity contribution in [2.45, 2.75) is 32.7 Å². The van der Waals surface area contributed by atoms with Gasteiger partial charge in [-0.2, -0.15) is 5.10 Å². The van der Waals surface area contributed by atoms with Gasteiger partial charge >= 0.3 is 0 Å². The van der Waals surface area contributed by atoms with Gasteiger partial charge in [0.05, 0.1) is 18.8 Å². The van der Waals surface area contributed by atoms with Gasteiger partial charge in [0.15, 0.2) is 0 Å². The van der Waals surface area contributed by atoms with Crippen molar-refractivity contribution in [3.8, 4) is 22.4 Å². The molecule has 174 valence electrons. The van der Waals surface area contributed by atoms with Crippen LogP contribution in [0.15, 0.2) is 60.1 Å². The number of hydrogen-bond acceptors (Lipinski definition) is 6. The number of thiophene rings is 1. The summed E-state index contributed by atoms with van der Waals surface area (Å²) in [4.78, 5) is 19.3. The zero-order valence-electron chi connectivity index (χ0n) is 18.6. The molecule has 0 fully saturated rings. The molecule has 1 atom stereocenters. The minimum atomic E-state index is -0.785. The molecule has 1 aliphatic rings. The van der Waals surface area contributed by atoms with E-state index < -0.39 is 6.23 Å². The fourth-order valence-corrected chi connectivity index (χ4v) is 4.95. The lowest BCUT2D eigenvalue weighted by Gasteiger charge is -2.27. The summed E-state index contributed by atoms with van der Waals surface area (Å²) < 4.78 is 15.5. The van der Waals surface area contributed by atoms with Gasteiger partial charge in [-0.1, -0.05) is 6.07 Å². The van der Waals surface area contributed by atoms with Gasteiger partial charge in [0.2, 0.25) is 5.91 Å². The Balaban J connectivity index is 1.53. The molecule has 3 aromatic heterocycles. The van der Waals surface area contributed by atoms with Crippen LogP contribution in [0.4, 0.5) is 10.2 Å². The van der Waals surface area contributed by atoms with E-state index >= 15 is 0 Å². The Kier molecular flexibility index (Phi) is 6.12. The van der Waals surface area contributed by atoms with Crippen molar-refractivity contribution in [1.82, 2.24) is 19.7 Å². The molecule has 0 spiro atoms. The number of anilines is 1. The zero-order chi connectivity index (χ0) is 23.7. The minimum absolute atomic E-state index is 0.00974. The van der Waals surface area contributed by atoms with Crippen LogP contribution in [-0.4, -0.2) is 43.5 Å². The normalized spacial score (nSPS) is 14.0. The van der Waals surface area contributed by atoms with E-state index in [1.165, 1.54) is 12.1 Å². The number of rotatable bonds is 6. The minimum Gasteiger partial charge on any atom is -0.373 e. The van der Waals surface area contributed by atoms with Gasteiger partial charge in [-0.15, -0.1) is 11.3 Å². The van der Waals surface area contributed by atoms with Gasteiger partial charge in [0.25, 0.3) is 0 Å². The molecular formula is C25H24FN5O2S. The van der Waals surface area contributed by atoms with Crippen LogP contribution in [0.2, 0.25) is 0 Å². The molecule has 0 radical (unpaired) electrons. The third kappa shape index (κ3) is 4.57. The quantitative estimate of drug-likeness (QED) is 0.408. The van der Waals surface area contributed by atoms with Gasteiger partial charge in [-0.3, -0.25) is 9.48 Å². The first-order valence-electron chi connectivity index (χ1n) is 11.0. The summed E-state index contributed by atoms with van der Waals surface area (Å²) in [7, 11) is 0. The smallest absolute Gasteiger partial charge is 0.219 e. The van der Waals surface area contributed by atoms with E-state index in [4.69, 9.17) is 5.10 Å². The van der Waals surface area contributed by atoms with Crippen LogP contribution in [0.5, 0.6) is 0 Å². The first-order valence-corrected chi connectivity index (χ1v) is 11.9. The van der Waals surface area contributed by atoms with Crippen molar-refractivity contribution in [2.75, 3.05) is 11.9 Å².